The van der Waals surface area contributed by atoms with Gasteiger partial charge in [0.1, 0.15) is 0 Å². The van der Waals surface area contributed by atoms with Crippen LogP contribution in [0.2, 0.25) is 5.02 Å². The smallest absolute Gasteiger partial charge is 0.0533 e. The van der Waals surface area contributed by atoms with E-state index in [0.717, 1.165) is 40.9 Å². The van der Waals surface area contributed by atoms with E-state index < -0.39 is 0 Å². The second kappa shape index (κ2) is 6.05. The Hall–Kier alpha value is 0.430. The molecule has 1 aromatic rings. The van der Waals surface area contributed by atoms with E-state index >= 15 is 0 Å². The highest BCUT2D eigenvalue weighted by molar-refractivity contribution is 9.10. The van der Waals surface area contributed by atoms with Gasteiger partial charge in [0, 0.05) is 26.8 Å². The van der Waals surface area contributed by atoms with Crippen molar-refractivity contribution in [2.75, 3.05) is 18.5 Å². The Morgan fingerprint density at radius 3 is 2.82 bits per heavy atom. The molecule has 94 valence electrons. The zero-order chi connectivity index (χ0) is 12.3. The summed E-state index contributed by atoms with van der Waals surface area (Å²) in [5.74, 6) is 0. The van der Waals surface area contributed by atoms with Gasteiger partial charge >= 0.3 is 0 Å². The molecule has 1 aliphatic rings. The van der Waals surface area contributed by atoms with Crippen LogP contribution in [0.3, 0.4) is 0 Å². The lowest BCUT2D eigenvalue weighted by molar-refractivity contribution is 0.00616. The van der Waals surface area contributed by atoms with Crippen LogP contribution in [0.25, 0.3) is 0 Å². The monoisotopic (exact) mass is 380 g/mol. The number of benzene rings is 1. The van der Waals surface area contributed by atoms with Crippen molar-refractivity contribution in [2.24, 2.45) is 5.41 Å². The summed E-state index contributed by atoms with van der Waals surface area (Å²) in [6.07, 6.45) is 3.31. The van der Waals surface area contributed by atoms with Crippen molar-refractivity contribution in [1.82, 2.24) is 0 Å². The fourth-order valence-electron chi connectivity index (χ4n) is 2.27. The van der Waals surface area contributed by atoms with Gasteiger partial charge in [0.25, 0.3) is 0 Å². The first-order chi connectivity index (χ1) is 8.15. The van der Waals surface area contributed by atoms with Crippen LogP contribution in [-0.4, -0.2) is 18.5 Å². The summed E-state index contributed by atoms with van der Waals surface area (Å²) in [5.41, 5.74) is 1.41. The van der Waals surface area contributed by atoms with Gasteiger partial charge in [-0.2, -0.15) is 0 Å². The normalized spacial score (nSPS) is 24.9. The van der Waals surface area contributed by atoms with Crippen LogP contribution >= 0.6 is 43.5 Å². The highest BCUT2D eigenvalue weighted by atomic mass is 79.9. The maximum Gasteiger partial charge on any atom is 0.0533 e. The first-order valence-corrected chi connectivity index (χ1v) is 8.02. The van der Waals surface area contributed by atoms with Crippen LogP contribution in [-0.2, 0) is 11.2 Å². The molecule has 0 bridgehead atoms. The molecule has 1 aromatic carbocycles. The molecule has 0 amide bonds. The molecule has 17 heavy (non-hydrogen) atoms. The first-order valence-electron chi connectivity index (χ1n) is 5.73. The van der Waals surface area contributed by atoms with E-state index in [0.29, 0.717) is 0 Å². The summed E-state index contributed by atoms with van der Waals surface area (Å²) in [4.78, 5) is 0. The fourth-order valence-corrected chi connectivity index (χ4v) is 3.65. The minimum atomic E-state index is 0.204. The standard InChI is InChI=1S/C13H15Br2ClO/c14-8-13(4-1-5-17-9-13)7-10-2-3-11(15)6-12(10)16/h2-3,6H,1,4-5,7-9H2. The first kappa shape index (κ1) is 13.9. The quantitative estimate of drug-likeness (QED) is 0.680. The summed E-state index contributed by atoms with van der Waals surface area (Å²) < 4.78 is 6.66. The lowest BCUT2D eigenvalue weighted by Gasteiger charge is -2.35. The Kier molecular flexibility index (Phi) is 4.93. The lowest BCUT2D eigenvalue weighted by Crippen LogP contribution is -2.35. The van der Waals surface area contributed by atoms with Gasteiger partial charge < -0.3 is 4.74 Å². The van der Waals surface area contributed by atoms with E-state index in [-0.39, 0.29) is 5.41 Å². The minimum Gasteiger partial charge on any atom is -0.381 e. The molecule has 4 heteroatoms. The number of hydrogen-bond donors (Lipinski definition) is 0. The van der Waals surface area contributed by atoms with Gasteiger partial charge in [-0.25, -0.2) is 0 Å². The molecule has 1 nitrogen and oxygen atoms in total. The van der Waals surface area contributed by atoms with Crippen molar-refractivity contribution in [2.45, 2.75) is 19.3 Å². The zero-order valence-corrected chi connectivity index (χ0v) is 13.4. The van der Waals surface area contributed by atoms with Crippen LogP contribution in [0.5, 0.6) is 0 Å². The van der Waals surface area contributed by atoms with Gasteiger partial charge in [0.2, 0.25) is 0 Å². The van der Waals surface area contributed by atoms with Crippen molar-refractivity contribution < 1.29 is 4.74 Å². The Morgan fingerprint density at radius 2 is 2.24 bits per heavy atom. The molecule has 1 unspecified atom stereocenters. The molecule has 0 N–H and O–H groups in total. The van der Waals surface area contributed by atoms with Crippen LogP contribution in [0, 0.1) is 5.41 Å². The molecule has 0 radical (unpaired) electrons. The molecule has 2 rings (SSSR count). The van der Waals surface area contributed by atoms with E-state index in [4.69, 9.17) is 16.3 Å². The van der Waals surface area contributed by atoms with E-state index in [1.807, 2.05) is 12.1 Å². The maximum absolute atomic E-state index is 6.28. The third kappa shape index (κ3) is 3.46. The Balaban J connectivity index is 2.17. The van der Waals surface area contributed by atoms with E-state index in [9.17, 15) is 0 Å². The maximum atomic E-state index is 6.28. The lowest BCUT2D eigenvalue weighted by atomic mass is 9.79. The van der Waals surface area contributed by atoms with Crippen LogP contribution < -0.4 is 0 Å². The van der Waals surface area contributed by atoms with E-state index in [1.54, 1.807) is 0 Å². The summed E-state index contributed by atoms with van der Waals surface area (Å²) in [6, 6.07) is 6.11. The summed E-state index contributed by atoms with van der Waals surface area (Å²) in [5, 5.41) is 1.80. The number of halogens is 3. The van der Waals surface area contributed by atoms with Gasteiger partial charge in [-0.1, -0.05) is 49.5 Å². The predicted octanol–water partition coefficient (Wildman–Crippen LogP) is 4.84. The van der Waals surface area contributed by atoms with Crippen molar-refractivity contribution in [3.8, 4) is 0 Å². The molecule has 1 aliphatic heterocycles. The molecule has 1 saturated heterocycles. The number of rotatable bonds is 3. The van der Waals surface area contributed by atoms with E-state index in [1.165, 1.54) is 12.0 Å². The van der Waals surface area contributed by atoms with Crippen molar-refractivity contribution in [1.29, 1.82) is 0 Å². The molecule has 0 spiro atoms. The van der Waals surface area contributed by atoms with Gasteiger partial charge in [-0.3, -0.25) is 0 Å². The number of alkyl halides is 1. The zero-order valence-electron chi connectivity index (χ0n) is 9.52. The molecule has 0 saturated carbocycles. The van der Waals surface area contributed by atoms with Gasteiger partial charge in [-0.05, 0) is 37.0 Å². The van der Waals surface area contributed by atoms with Crippen LogP contribution in [0.4, 0.5) is 0 Å². The second-order valence-corrected chi connectivity index (χ2v) is 6.59. The van der Waals surface area contributed by atoms with Crippen LogP contribution in [0.1, 0.15) is 18.4 Å². The fraction of sp³-hybridized carbons (Fsp3) is 0.538. The summed E-state index contributed by atoms with van der Waals surface area (Å²) >= 11 is 13.3. The topological polar surface area (TPSA) is 9.23 Å². The van der Waals surface area contributed by atoms with Gasteiger partial charge in [-0.15, -0.1) is 0 Å². The second-order valence-electron chi connectivity index (χ2n) is 4.70. The molecule has 1 heterocycles. The molecule has 0 aromatic heterocycles. The third-order valence-corrected chi connectivity index (χ3v) is 5.30. The van der Waals surface area contributed by atoms with Gasteiger partial charge in [0.15, 0.2) is 0 Å². The highest BCUT2D eigenvalue weighted by Gasteiger charge is 2.32. The summed E-state index contributed by atoms with van der Waals surface area (Å²) in [7, 11) is 0. The number of ether oxygens (including phenoxy) is 1. The van der Waals surface area contributed by atoms with Crippen LogP contribution in [0.15, 0.2) is 22.7 Å². The van der Waals surface area contributed by atoms with Crippen molar-refractivity contribution >= 4 is 43.5 Å². The van der Waals surface area contributed by atoms with Crippen molar-refractivity contribution in [3.63, 3.8) is 0 Å². The minimum absolute atomic E-state index is 0.204. The molecule has 0 aliphatic carbocycles. The largest absolute Gasteiger partial charge is 0.381 e. The Bertz CT molecular complexity index is 389. The molecule has 1 fully saturated rings. The van der Waals surface area contributed by atoms with Crippen molar-refractivity contribution in [3.05, 3.63) is 33.3 Å². The molecular weight excluding hydrogens is 367 g/mol. The Labute approximate surface area is 124 Å². The molecule has 1 atom stereocenters. The molecular formula is C13H15Br2ClO. The van der Waals surface area contributed by atoms with E-state index in [2.05, 4.69) is 37.9 Å². The average molecular weight is 383 g/mol. The Morgan fingerprint density at radius 1 is 1.41 bits per heavy atom. The predicted molar refractivity (Wildman–Crippen MR) is 79.1 cm³/mol. The summed E-state index contributed by atoms with van der Waals surface area (Å²) in [6.45, 7) is 1.72. The van der Waals surface area contributed by atoms with Gasteiger partial charge in [0.05, 0.1) is 6.61 Å². The highest BCUT2D eigenvalue weighted by Crippen LogP contribution is 2.36. The third-order valence-electron chi connectivity index (χ3n) is 3.27. The average Bonchev–Trinajstić information content (AvgIpc) is 2.34. The SMILES string of the molecule is Clc1cc(Br)ccc1CC1(CBr)CCCOC1. The number of hydrogen-bond acceptors (Lipinski definition) is 1.